The van der Waals surface area contributed by atoms with E-state index in [1.807, 2.05) is 48.5 Å². The summed E-state index contributed by atoms with van der Waals surface area (Å²) in [7, 11) is 0. The molecule has 142 valence electrons. The van der Waals surface area contributed by atoms with E-state index < -0.39 is 0 Å². The quantitative estimate of drug-likeness (QED) is 0.292. The fourth-order valence-electron chi connectivity index (χ4n) is 2.31. The van der Waals surface area contributed by atoms with Gasteiger partial charge in [-0.25, -0.2) is 4.39 Å². The molecule has 3 aromatic rings. The van der Waals surface area contributed by atoms with Crippen molar-refractivity contribution in [2.45, 2.75) is 6.61 Å². The molecule has 0 saturated carbocycles. The average Bonchev–Trinajstić information content (AvgIpc) is 2.70. The summed E-state index contributed by atoms with van der Waals surface area (Å²) < 4.78 is 19.9. The third-order valence-corrected chi connectivity index (χ3v) is 4.42. The summed E-state index contributed by atoms with van der Waals surface area (Å²) in [6, 6.07) is 21.5. The number of para-hydroxylation sites is 1. The molecule has 0 aliphatic carbocycles. The van der Waals surface area contributed by atoms with Crippen LogP contribution in [-0.4, -0.2) is 11.3 Å². The number of halogens is 2. The monoisotopic (exact) mass is 457 g/mol. The molecule has 0 radical (unpaired) electrons. The summed E-state index contributed by atoms with van der Waals surface area (Å²) in [5.41, 5.74) is 5.29. The highest BCUT2D eigenvalue weighted by Crippen LogP contribution is 2.18. The molecule has 0 bridgehead atoms. The highest BCUT2D eigenvalue weighted by molar-refractivity contribution is 9.10. The second kappa shape index (κ2) is 9.96. The lowest BCUT2D eigenvalue weighted by molar-refractivity contribution is 0.306. The molecule has 7 heteroatoms. The van der Waals surface area contributed by atoms with E-state index in [0.29, 0.717) is 23.2 Å². The van der Waals surface area contributed by atoms with E-state index in [1.54, 1.807) is 18.3 Å². The highest BCUT2D eigenvalue weighted by Gasteiger charge is 2.02. The van der Waals surface area contributed by atoms with Crippen LogP contribution in [0.2, 0.25) is 0 Å². The zero-order valence-corrected chi connectivity index (χ0v) is 17.1. The highest BCUT2D eigenvalue weighted by atomic mass is 79.9. The number of hydrazone groups is 1. The maximum Gasteiger partial charge on any atom is 0.191 e. The Hall–Kier alpha value is -2.77. The fourth-order valence-corrected chi connectivity index (χ4v) is 2.75. The molecule has 0 aromatic heterocycles. The predicted octanol–water partition coefficient (Wildman–Crippen LogP) is 5.49. The number of hydrogen-bond acceptors (Lipinski definition) is 3. The Labute approximate surface area is 176 Å². The smallest absolute Gasteiger partial charge is 0.191 e. The average molecular weight is 458 g/mol. The molecular formula is C21H17BrFN3OS. The minimum Gasteiger partial charge on any atom is -0.488 e. The van der Waals surface area contributed by atoms with Crippen LogP contribution in [0.5, 0.6) is 5.75 Å². The van der Waals surface area contributed by atoms with Gasteiger partial charge in [-0.15, -0.1) is 0 Å². The molecule has 0 spiro atoms. The van der Waals surface area contributed by atoms with Gasteiger partial charge in [-0.1, -0.05) is 40.2 Å². The van der Waals surface area contributed by atoms with Gasteiger partial charge in [-0.3, -0.25) is 5.43 Å². The SMILES string of the molecule is Fc1ccc(NC(=S)NN=Cc2ccccc2OCc2ccc(Br)cc2)cc1. The van der Waals surface area contributed by atoms with Gasteiger partial charge in [0, 0.05) is 15.7 Å². The molecule has 28 heavy (non-hydrogen) atoms. The molecular weight excluding hydrogens is 441 g/mol. The van der Waals surface area contributed by atoms with Gasteiger partial charge in [0.05, 0.1) is 6.21 Å². The normalized spacial score (nSPS) is 10.6. The van der Waals surface area contributed by atoms with Crippen molar-refractivity contribution in [2.24, 2.45) is 5.10 Å². The molecule has 0 fully saturated rings. The van der Waals surface area contributed by atoms with Gasteiger partial charge in [-0.2, -0.15) is 5.10 Å². The zero-order valence-electron chi connectivity index (χ0n) is 14.7. The Morgan fingerprint density at radius 2 is 1.75 bits per heavy atom. The van der Waals surface area contributed by atoms with E-state index in [4.69, 9.17) is 17.0 Å². The molecule has 0 aliphatic heterocycles. The molecule has 0 amide bonds. The maximum atomic E-state index is 12.9. The molecule has 3 aromatic carbocycles. The summed E-state index contributed by atoms with van der Waals surface area (Å²) in [6.45, 7) is 0.454. The first-order chi connectivity index (χ1) is 13.6. The molecule has 0 aliphatic rings. The zero-order chi connectivity index (χ0) is 19.8. The molecule has 0 saturated heterocycles. The first-order valence-electron chi connectivity index (χ1n) is 8.42. The van der Waals surface area contributed by atoms with E-state index in [9.17, 15) is 4.39 Å². The van der Waals surface area contributed by atoms with Crippen LogP contribution >= 0.6 is 28.1 Å². The van der Waals surface area contributed by atoms with Crippen LogP contribution in [-0.2, 0) is 6.61 Å². The molecule has 0 atom stereocenters. The number of benzene rings is 3. The van der Waals surface area contributed by atoms with Gasteiger partial charge >= 0.3 is 0 Å². The van der Waals surface area contributed by atoms with Crippen LogP contribution in [0.3, 0.4) is 0 Å². The number of nitrogens with zero attached hydrogens (tertiary/aromatic N) is 1. The number of thiocarbonyl (C=S) groups is 1. The maximum absolute atomic E-state index is 12.9. The standard InChI is InChI=1S/C21H17BrFN3OS/c22-17-7-5-15(6-8-17)14-27-20-4-2-1-3-16(20)13-24-26-21(28)25-19-11-9-18(23)10-12-19/h1-13H,14H2,(H2,25,26,28). The first kappa shape index (κ1) is 20.0. The van der Waals surface area contributed by atoms with E-state index in [2.05, 4.69) is 31.8 Å². The van der Waals surface area contributed by atoms with Crippen LogP contribution < -0.4 is 15.5 Å². The summed E-state index contributed by atoms with van der Waals surface area (Å²) in [6.07, 6.45) is 1.63. The Morgan fingerprint density at radius 3 is 2.50 bits per heavy atom. The van der Waals surface area contributed by atoms with Crippen molar-refractivity contribution >= 4 is 45.2 Å². The first-order valence-corrected chi connectivity index (χ1v) is 9.62. The lowest BCUT2D eigenvalue weighted by Gasteiger charge is -2.10. The van der Waals surface area contributed by atoms with Gasteiger partial charge in [0.25, 0.3) is 0 Å². The summed E-state index contributed by atoms with van der Waals surface area (Å²) >= 11 is 8.60. The number of rotatable bonds is 6. The number of ether oxygens (including phenoxy) is 1. The van der Waals surface area contributed by atoms with E-state index in [1.165, 1.54) is 12.1 Å². The van der Waals surface area contributed by atoms with E-state index in [0.717, 1.165) is 15.6 Å². The van der Waals surface area contributed by atoms with Crippen molar-refractivity contribution in [2.75, 3.05) is 5.32 Å². The largest absolute Gasteiger partial charge is 0.488 e. The number of anilines is 1. The van der Waals surface area contributed by atoms with E-state index in [-0.39, 0.29) is 5.82 Å². The second-order valence-electron chi connectivity index (χ2n) is 5.78. The van der Waals surface area contributed by atoms with Crippen molar-refractivity contribution in [3.8, 4) is 5.75 Å². The summed E-state index contributed by atoms with van der Waals surface area (Å²) in [5.74, 6) is 0.413. The summed E-state index contributed by atoms with van der Waals surface area (Å²) in [4.78, 5) is 0. The fraction of sp³-hybridized carbons (Fsp3) is 0.0476. The molecule has 4 nitrogen and oxygen atoms in total. The molecule has 0 heterocycles. The third-order valence-electron chi connectivity index (χ3n) is 3.70. The van der Waals surface area contributed by atoms with Crippen LogP contribution in [0.4, 0.5) is 10.1 Å². The number of hydrogen-bond donors (Lipinski definition) is 2. The third kappa shape index (κ3) is 6.14. The van der Waals surface area contributed by atoms with Gasteiger partial charge < -0.3 is 10.1 Å². The van der Waals surface area contributed by atoms with Crippen LogP contribution in [0.15, 0.2) is 82.4 Å². The van der Waals surface area contributed by atoms with Gasteiger partial charge in [0.1, 0.15) is 18.2 Å². The Morgan fingerprint density at radius 1 is 1.04 bits per heavy atom. The van der Waals surface area contributed by atoms with Crippen LogP contribution in [0.25, 0.3) is 0 Å². The molecule has 2 N–H and O–H groups in total. The van der Waals surface area contributed by atoms with Crippen molar-refractivity contribution in [1.82, 2.24) is 5.43 Å². The van der Waals surface area contributed by atoms with Gasteiger partial charge in [0.2, 0.25) is 0 Å². The second-order valence-corrected chi connectivity index (χ2v) is 7.11. The minimum absolute atomic E-state index is 0.302. The minimum atomic E-state index is -0.304. The lowest BCUT2D eigenvalue weighted by Crippen LogP contribution is -2.23. The van der Waals surface area contributed by atoms with Gasteiger partial charge in [-0.05, 0) is 66.3 Å². The predicted molar refractivity (Wildman–Crippen MR) is 118 cm³/mol. The van der Waals surface area contributed by atoms with Crippen molar-refractivity contribution < 1.29 is 9.13 Å². The topological polar surface area (TPSA) is 45.7 Å². The van der Waals surface area contributed by atoms with Crippen molar-refractivity contribution in [3.05, 3.63) is 94.2 Å². The lowest BCUT2D eigenvalue weighted by atomic mass is 10.2. The van der Waals surface area contributed by atoms with E-state index >= 15 is 0 Å². The number of nitrogens with one attached hydrogen (secondary N) is 2. The van der Waals surface area contributed by atoms with Crippen molar-refractivity contribution in [1.29, 1.82) is 0 Å². The van der Waals surface area contributed by atoms with Crippen LogP contribution in [0, 0.1) is 5.82 Å². The van der Waals surface area contributed by atoms with Gasteiger partial charge in [0.15, 0.2) is 5.11 Å². The Balaban J connectivity index is 1.56. The molecule has 0 unspecified atom stereocenters. The van der Waals surface area contributed by atoms with Crippen molar-refractivity contribution in [3.63, 3.8) is 0 Å². The Bertz CT molecular complexity index is 962. The van der Waals surface area contributed by atoms with Crippen LogP contribution in [0.1, 0.15) is 11.1 Å². The summed E-state index contributed by atoms with van der Waals surface area (Å²) in [5, 5.41) is 7.37. The Kier molecular flexibility index (Phi) is 7.11. The molecule has 3 rings (SSSR count).